The molecule has 2 unspecified atom stereocenters. The van der Waals surface area contributed by atoms with Crippen molar-refractivity contribution in [3.05, 3.63) is 76.1 Å². The maximum Gasteiger partial charge on any atom is 0.263 e. The second kappa shape index (κ2) is 10.1. The molecule has 2 atom stereocenters. The van der Waals surface area contributed by atoms with E-state index >= 15 is 0 Å². The molecule has 182 valence electrons. The van der Waals surface area contributed by atoms with Crippen LogP contribution in [0.1, 0.15) is 28.5 Å². The smallest absolute Gasteiger partial charge is 0.263 e. The Hall–Kier alpha value is -3.39. The van der Waals surface area contributed by atoms with Gasteiger partial charge in [0.25, 0.3) is 5.91 Å². The van der Waals surface area contributed by atoms with Gasteiger partial charge in [-0.3, -0.25) is 10.1 Å². The van der Waals surface area contributed by atoms with Crippen molar-refractivity contribution in [2.24, 2.45) is 0 Å². The van der Waals surface area contributed by atoms with Crippen molar-refractivity contribution in [1.29, 1.82) is 0 Å². The van der Waals surface area contributed by atoms with Crippen LogP contribution in [0.2, 0.25) is 0 Å². The van der Waals surface area contributed by atoms with Crippen molar-refractivity contribution < 1.29 is 23.1 Å². The Labute approximate surface area is 204 Å². The lowest BCUT2D eigenvalue weighted by atomic mass is 9.81. The third-order valence-corrected chi connectivity index (χ3v) is 6.80. The number of amides is 1. The molecule has 0 aliphatic carbocycles. The number of hydrogen-bond acceptors (Lipinski definition) is 6. The number of thiazole rings is 1. The van der Waals surface area contributed by atoms with E-state index in [9.17, 15) is 23.1 Å². The van der Waals surface area contributed by atoms with Crippen molar-refractivity contribution in [1.82, 2.24) is 10.3 Å². The number of aromatic nitrogens is 1. The summed E-state index contributed by atoms with van der Waals surface area (Å²) in [5.41, 5.74) is -0.371. The van der Waals surface area contributed by atoms with Crippen LogP contribution in [-0.4, -0.2) is 48.3 Å². The number of nitrogens with zero attached hydrogens (tertiary/aromatic N) is 2. The number of hydrogen-bond donors (Lipinski definition) is 3. The van der Waals surface area contributed by atoms with Crippen LogP contribution in [0.15, 0.2) is 41.8 Å². The number of rotatable bonds is 6. The zero-order valence-electron chi connectivity index (χ0n) is 18.8. The van der Waals surface area contributed by atoms with Gasteiger partial charge in [0.05, 0.1) is 17.7 Å². The van der Waals surface area contributed by atoms with E-state index in [0.29, 0.717) is 30.9 Å². The molecule has 1 aliphatic heterocycles. The molecule has 0 spiro atoms. The van der Waals surface area contributed by atoms with E-state index in [2.05, 4.69) is 21.5 Å². The van der Waals surface area contributed by atoms with Crippen LogP contribution in [0, 0.1) is 29.8 Å². The molecule has 6 nitrogen and oxygen atoms in total. The van der Waals surface area contributed by atoms with Crippen LogP contribution in [0.3, 0.4) is 0 Å². The second-order valence-corrected chi connectivity index (χ2v) is 9.19. The zero-order valence-corrected chi connectivity index (χ0v) is 19.6. The molecule has 3 aromatic rings. The highest BCUT2D eigenvalue weighted by molar-refractivity contribution is 7.14. The first kappa shape index (κ1) is 24.7. The second-order valence-electron chi connectivity index (χ2n) is 8.33. The molecule has 0 bridgehead atoms. The number of aliphatic hydroxyl groups excluding tert-OH is 1. The topological polar surface area (TPSA) is 77.5 Å². The normalized spacial score (nSPS) is 17.5. The van der Waals surface area contributed by atoms with E-state index in [1.807, 2.05) is 0 Å². The molecule has 0 radical (unpaired) electrons. The Kier molecular flexibility index (Phi) is 7.12. The Morgan fingerprint density at radius 2 is 2.00 bits per heavy atom. The van der Waals surface area contributed by atoms with Gasteiger partial charge in [0.15, 0.2) is 5.13 Å². The summed E-state index contributed by atoms with van der Waals surface area (Å²) in [5, 5.41) is 16.6. The number of nitrogens with one attached hydrogen (secondary N) is 2. The number of halogens is 3. The molecule has 2 aromatic carbocycles. The van der Waals surface area contributed by atoms with Gasteiger partial charge in [0.1, 0.15) is 23.0 Å². The SMILES string of the molecule is C#CC(C)(c1ccc(F)cc1)c1csc(NC(=O)c2c(F)cc(N3CCNC(CO)C3)cc2F)n1. The molecule has 35 heavy (non-hydrogen) atoms. The van der Waals surface area contributed by atoms with Gasteiger partial charge in [-0.15, -0.1) is 17.8 Å². The first-order valence-corrected chi connectivity index (χ1v) is 11.7. The van der Waals surface area contributed by atoms with E-state index in [1.54, 1.807) is 29.3 Å². The van der Waals surface area contributed by atoms with Crippen LogP contribution >= 0.6 is 11.3 Å². The largest absolute Gasteiger partial charge is 0.395 e. The van der Waals surface area contributed by atoms with Gasteiger partial charge in [0, 0.05) is 36.7 Å². The minimum atomic E-state index is -1.01. The number of anilines is 2. The number of benzene rings is 2. The molecule has 1 fully saturated rings. The Bertz CT molecular complexity index is 1250. The van der Waals surface area contributed by atoms with Crippen molar-refractivity contribution in [2.75, 3.05) is 36.5 Å². The monoisotopic (exact) mass is 500 g/mol. The fraction of sp³-hybridized carbons (Fsp3) is 0.280. The van der Waals surface area contributed by atoms with Gasteiger partial charge in [-0.2, -0.15) is 0 Å². The predicted octanol–water partition coefficient (Wildman–Crippen LogP) is 3.52. The summed E-state index contributed by atoms with van der Waals surface area (Å²) in [7, 11) is 0. The summed E-state index contributed by atoms with van der Waals surface area (Å²) in [6.45, 7) is 3.07. The van der Waals surface area contributed by atoms with Gasteiger partial charge < -0.3 is 15.3 Å². The van der Waals surface area contributed by atoms with Crippen LogP contribution < -0.4 is 15.5 Å². The molecule has 1 aliphatic rings. The molecular weight excluding hydrogens is 477 g/mol. The third kappa shape index (κ3) is 5.03. The number of terminal acetylenes is 1. The average Bonchev–Trinajstić information content (AvgIpc) is 3.32. The zero-order chi connectivity index (χ0) is 25.2. The highest BCUT2D eigenvalue weighted by Gasteiger charge is 2.30. The summed E-state index contributed by atoms with van der Waals surface area (Å²) in [5.74, 6) is -0.741. The number of carbonyl (C=O) groups is 1. The van der Waals surface area contributed by atoms with Crippen molar-refractivity contribution >= 4 is 28.1 Å². The number of aliphatic hydroxyl groups is 1. The molecule has 1 saturated heterocycles. The quantitative estimate of drug-likeness (QED) is 0.452. The molecule has 10 heteroatoms. The van der Waals surface area contributed by atoms with E-state index in [-0.39, 0.29) is 23.5 Å². The standard InChI is InChI=1S/C25H23F3N4O2S/c1-3-25(2,15-4-6-16(26)7-5-15)21-14-35-24(30-21)31-23(34)22-19(27)10-18(11-20(22)28)32-9-8-29-17(12-32)13-33/h1,4-7,10-11,14,17,29,33H,8-9,12-13H2,2H3,(H,30,31,34). The number of piperazine rings is 1. The van der Waals surface area contributed by atoms with Crippen molar-refractivity contribution in [3.63, 3.8) is 0 Å². The Morgan fingerprint density at radius 1 is 1.31 bits per heavy atom. The van der Waals surface area contributed by atoms with Crippen molar-refractivity contribution in [3.8, 4) is 12.3 Å². The highest BCUT2D eigenvalue weighted by atomic mass is 32.1. The molecule has 2 heterocycles. The molecule has 1 amide bonds. The lowest BCUT2D eigenvalue weighted by Crippen LogP contribution is -2.52. The third-order valence-electron chi connectivity index (χ3n) is 6.04. The predicted molar refractivity (Wildman–Crippen MR) is 129 cm³/mol. The summed E-state index contributed by atoms with van der Waals surface area (Å²) >= 11 is 1.06. The van der Waals surface area contributed by atoms with Crippen LogP contribution in [0.4, 0.5) is 24.0 Å². The minimum Gasteiger partial charge on any atom is -0.395 e. The van der Waals surface area contributed by atoms with Gasteiger partial charge in [-0.25, -0.2) is 18.2 Å². The maximum atomic E-state index is 14.8. The van der Waals surface area contributed by atoms with Gasteiger partial charge in [-0.1, -0.05) is 18.1 Å². The molecule has 0 saturated carbocycles. The van der Waals surface area contributed by atoms with Gasteiger partial charge >= 0.3 is 0 Å². The van der Waals surface area contributed by atoms with E-state index in [4.69, 9.17) is 6.42 Å². The first-order valence-electron chi connectivity index (χ1n) is 10.8. The van der Waals surface area contributed by atoms with Gasteiger partial charge in [-0.05, 0) is 36.8 Å². The fourth-order valence-electron chi connectivity index (χ4n) is 3.95. The Morgan fingerprint density at radius 3 is 2.63 bits per heavy atom. The summed E-state index contributed by atoms with van der Waals surface area (Å²) in [6.07, 6.45) is 5.76. The molecular formula is C25H23F3N4O2S. The molecule has 1 aromatic heterocycles. The number of carbonyl (C=O) groups excluding carboxylic acids is 1. The van der Waals surface area contributed by atoms with Crippen LogP contribution in [-0.2, 0) is 5.41 Å². The van der Waals surface area contributed by atoms with Crippen molar-refractivity contribution in [2.45, 2.75) is 18.4 Å². The van der Waals surface area contributed by atoms with E-state index in [0.717, 1.165) is 23.5 Å². The summed E-state index contributed by atoms with van der Waals surface area (Å²) in [6, 6.07) is 7.70. The van der Waals surface area contributed by atoms with Gasteiger partial charge in [0.2, 0.25) is 0 Å². The molecule has 4 rings (SSSR count). The maximum absolute atomic E-state index is 14.8. The Balaban J connectivity index is 1.54. The van der Waals surface area contributed by atoms with E-state index in [1.165, 1.54) is 12.1 Å². The lowest BCUT2D eigenvalue weighted by molar-refractivity contribution is 0.101. The summed E-state index contributed by atoms with van der Waals surface area (Å²) < 4.78 is 43.0. The summed E-state index contributed by atoms with van der Waals surface area (Å²) in [4.78, 5) is 18.8. The first-order chi connectivity index (χ1) is 16.7. The minimum absolute atomic E-state index is 0.0996. The van der Waals surface area contributed by atoms with Crippen LogP contribution in [0.5, 0.6) is 0 Å². The van der Waals surface area contributed by atoms with Crippen LogP contribution in [0.25, 0.3) is 0 Å². The van der Waals surface area contributed by atoms with E-state index < -0.39 is 34.3 Å². The fourth-order valence-corrected chi connectivity index (χ4v) is 4.76. The average molecular weight is 501 g/mol. The molecule has 3 N–H and O–H groups in total. The lowest BCUT2D eigenvalue weighted by Gasteiger charge is -2.34. The highest BCUT2D eigenvalue weighted by Crippen LogP contribution is 2.34.